The lowest BCUT2D eigenvalue weighted by molar-refractivity contribution is 0.606. The number of aromatic nitrogens is 2. The van der Waals surface area contributed by atoms with Crippen molar-refractivity contribution < 1.29 is 0 Å². The number of nitrogens with zero attached hydrogens (tertiary/aromatic N) is 2. The van der Waals surface area contributed by atoms with Crippen molar-refractivity contribution in [3.8, 4) is 0 Å². The summed E-state index contributed by atoms with van der Waals surface area (Å²) in [5.41, 5.74) is 7.05. The van der Waals surface area contributed by atoms with Gasteiger partial charge in [-0.2, -0.15) is 0 Å². The Bertz CT molecular complexity index is 276. The van der Waals surface area contributed by atoms with Crippen molar-refractivity contribution >= 4 is 5.82 Å². The quantitative estimate of drug-likeness (QED) is 0.734. The van der Waals surface area contributed by atoms with E-state index in [0.717, 1.165) is 17.9 Å². The Balaban J connectivity index is 2.60. The highest BCUT2D eigenvalue weighted by Gasteiger charge is 2.08. The minimum atomic E-state index is 0.405. The van der Waals surface area contributed by atoms with Gasteiger partial charge in [-0.25, -0.2) is 4.98 Å². The smallest absolute Gasteiger partial charge is 0.126 e. The Morgan fingerprint density at radius 1 is 1.43 bits per heavy atom. The lowest BCUT2D eigenvalue weighted by Gasteiger charge is -2.08. The highest BCUT2D eigenvalue weighted by molar-refractivity contribution is 5.36. The third kappa shape index (κ3) is 2.50. The minimum absolute atomic E-state index is 0.405. The molecule has 0 saturated heterocycles. The first-order valence-corrected chi connectivity index (χ1v) is 5.48. The van der Waals surface area contributed by atoms with Crippen molar-refractivity contribution in [3.05, 3.63) is 12.0 Å². The summed E-state index contributed by atoms with van der Waals surface area (Å²) in [5, 5.41) is 0. The van der Waals surface area contributed by atoms with E-state index < -0.39 is 0 Å². The molecule has 2 N–H and O–H groups in total. The van der Waals surface area contributed by atoms with E-state index in [0.29, 0.717) is 6.04 Å². The van der Waals surface area contributed by atoms with Crippen molar-refractivity contribution in [3.63, 3.8) is 0 Å². The minimum Gasteiger partial charge on any atom is -0.384 e. The van der Waals surface area contributed by atoms with Crippen LogP contribution in [0.15, 0.2) is 6.33 Å². The van der Waals surface area contributed by atoms with Gasteiger partial charge in [-0.15, -0.1) is 0 Å². The zero-order valence-electron chi connectivity index (χ0n) is 9.45. The molecule has 3 nitrogen and oxygen atoms in total. The van der Waals surface area contributed by atoms with Crippen molar-refractivity contribution in [2.45, 2.75) is 52.5 Å². The Hall–Kier alpha value is -0.990. The van der Waals surface area contributed by atoms with Gasteiger partial charge in [0.1, 0.15) is 5.82 Å². The average Bonchev–Trinajstić information content (AvgIpc) is 2.48. The van der Waals surface area contributed by atoms with E-state index in [1.807, 2.05) is 10.9 Å². The lowest BCUT2D eigenvalue weighted by atomic mass is 10.1. The van der Waals surface area contributed by atoms with Crippen LogP contribution in [0.1, 0.15) is 51.8 Å². The number of nitrogens with two attached hydrogens (primary N) is 1. The van der Waals surface area contributed by atoms with Crippen molar-refractivity contribution in [2.24, 2.45) is 0 Å². The topological polar surface area (TPSA) is 43.8 Å². The van der Waals surface area contributed by atoms with E-state index in [2.05, 4.69) is 25.8 Å². The summed E-state index contributed by atoms with van der Waals surface area (Å²) in [4.78, 5) is 4.35. The predicted molar refractivity (Wildman–Crippen MR) is 60.3 cm³/mol. The van der Waals surface area contributed by atoms with E-state index in [1.54, 1.807) is 0 Å². The molecular weight excluding hydrogens is 174 g/mol. The molecule has 0 aliphatic rings. The number of anilines is 1. The van der Waals surface area contributed by atoms with Crippen LogP contribution in [0.3, 0.4) is 0 Å². The van der Waals surface area contributed by atoms with Crippen LogP contribution in [-0.4, -0.2) is 9.55 Å². The second-order valence-electron chi connectivity index (χ2n) is 4.03. The van der Waals surface area contributed by atoms with E-state index in [-0.39, 0.29) is 0 Å². The maximum atomic E-state index is 5.99. The first kappa shape index (κ1) is 11.1. The van der Waals surface area contributed by atoms with Gasteiger partial charge in [0.15, 0.2) is 0 Å². The molecular formula is C11H21N3. The van der Waals surface area contributed by atoms with Crippen molar-refractivity contribution in [1.29, 1.82) is 0 Å². The fourth-order valence-electron chi connectivity index (χ4n) is 1.56. The van der Waals surface area contributed by atoms with Gasteiger partial charge in [-0.05, 0) is 26.7 Å². The molecule has 1 heterocycles. The standard InChI is InChI=1S/C11H21N3/c1-4-5-6-7-10-11(12)14(8-13-10)9(2)3/h8-9H,4-7,12H2,1-3H3. The molecule has 0 saturated carbocycles. The molecule has 0 amide bonds. The molecule has 0 atom stereocenters. The summed E-state index contributed by atoms with van der Waals surface area (Å²) in [7, 11) is 0. The Kier molecular flexibility index (Phi) is 3.98. The Morgan fingerprint density at radius 3 is 2.64 bits per heavy atom. The van der Waals surface area contributed by atoms with Gasteiger partial charge in [0.2, 0.25) is 0 Å². The van der Waals surface area contributed by atoms with Gasteiger partial charge >= 0.3 is 0 Å². The van der Waals surface area contributed by atoms with Crippen molar-refractivity contribution in [1.82, 2.24) is 9.55 Å². The first-order valence-electron chi connectivity index (χ1n) is 5.48. The lowest BCUT2D eigenvalue weighted by Crippen LogP contribution is -2.05. The Labute approximate surface area is 86.3 Å². The van der Waals surface area contributed by atoms with Crippen LogP contribution in [0.2, 0.25) is 0 Å². The fourth-order valence-corrected chi connectivity index (χ4v) is 1.56. The van der Waals surface area contributed by atoms with Crippen LogP contribution < -0.4 is 5.73 Å². The van der Waals surface area contributed by atoms with Crippen LogP contribution in [0.5, 0.6) is 0 Å². The first-order chi connectivity index (χ1) is 6.66. The summed E-state index contributed by atoms with van der Waals surface area (Å²) >= 11 is 0. The summed E-state index contributed by atoms with van der Waals surface area (Å²) in [6.45, 7) is 6.44. The van der Waals surface area contributed by atoms with Gasteiger partial charge in [0.05, 0.1) is 12.0 Å². The molecule has 0 unspecified atom stereocenters. The highest BCUT2D eigenvalue weighted by Crippen LogP contribution is 2.17. The summed E-state index contributed by atoms with van der Waals surface area (Å²) < 4.78 is 2.03. The fraction of sp³-hybridized carbons (Fsp3) is 0.727. The van der Waals surface area contributed by atoms with Crippen LogP contribution in [0.4, 0.5) is 5.82 Å². The molecule has 0 aliphatic carbocycles. The number of rotatable bonds is 5. The molecule has 0 aromatic carbocycles. The van der Waals surface area contributed by atoms with E-state index in [1.165, 1.54) is 19.3 Å². The largest absolute Gasteiger partial charge is 0.384 e. The summed E-state index contributed by atoms with van der Waals surface area (Å²) in [5.74, 6) is 0.844. The molecule has 1 aromatic heterocycles. The molecule has 0 bridgehead atoms. The molecule has 0 aliphatic heterocycles. The van der Waals surface area contributed by atoms with Gasteiger partial charge in [0.25, 0.3) is 0 Å². The zero-order valence-corrected chi connectivity index (χ0v) is 9.45. The number of hydrogen-bond acceptors (Lipinski definition) is 2. The molecule has 0 fully saturated rings. The zero-order chi connectivity index (χ0) is 10.6. The molecule has 1 rings (SSSR count). The monoisotopic (exact) mass is 195 g/mol. The predicted octanol–water partition coefficient (Wildman–Crippen LogP) is 2.78. The Morgan fingerprint density at radius 2 is 2.14 bits per heavy atom. The maximum absolute atomic E-state index is 5.99. The van der Waals surface area contributed by atoms with Crippen LogP contribution >= 0.6 is 0 Å². The van der Waals surface area contributed by atoms with E-state index in [9.17, 15) is 0 Å². The summed E-state index contributed by atoms with van der Waals surface area (Å²) in [6.07, 6.45) is 6.55. The van der Waals surface area contributed by atoms with Crippen LogP contribution in [-0.2, 0) is 6.42 Å². The van der Waals surface area contributed by atoms with Crippen LogP contribution in [0, 0.1) is 0 Å². The second-order valence-corrected chi connectivity index (χ2v) is 4.03. The number of nitrogen functional groups attached to an aromatic ring is 1. The van der Waals surface area contributed by atoms with E-state index >= 15 is 0 Å². The molecule has 0 spiro atoms. The molecule has 3 heteroatoms. The van der Waals surface area contributed by atoms with Gasteiger partial charge in [-0.1, -0.05) is 19.8 Å². The number of aryl methyl sites for hydroxylation is 1. The number of hydrogen-bond donors (Lipinski definition) is 1. The van der Waals surface area contributed by atoms with Crippen LogP contribution in [0.25, 0.3) is 0 Å². The number of imidazole rings is 1. The third-order valence-electron chi connectivity index (χ3n) is 2.49. The van der Waals surface area contributed by atoms with Gasteiger partial charge < -0.3 is 10.3 Å². The summed E-state index contributed by atoms with van der Waals surface area (Å²) in [6, 6.07) is 0.405. The SMILES string of the molecule is CCCCCc1ncn(C(C)C)c1N. The van der Waals surface area contributed by atoms with Crippen molar-refractivity contribution in [2.75, 3.05) is 5.73 Å². The average molecular weight is 195 g/mol. The second kappa shape index (κ2) is 5.03. The number of unbranched alkanes of at least 4 members (excludes halogenated alkanes) is 2. The molecule has 0 radical (unpaired) electrons. The van der Waals surface area contributed by atoms with E-state index in [4.69, 9.17) is 5.73 Å². The van der Waals surface area contributed by atoms with Gasteiger partial charge in [-0.3, -0.25) is 0 Å². The molecule has 1 aromatic rings. The molecule has 80 valence electrons. The van der Waals surface area contributed by atoms with Gasteiger partial charge in [0, 0.05) is 6.04 Å². The normalized spacial score (nSPS) is 11.1. The molecule has 14 heavy (non-hydrogen) atoms. The highest BCUT2D eigenvalue weighted by atomic mass is 15.1. The third-order valence-corrected chi connectivity index (χ3v) is 2.49. The maximum Gasteiger partial charge on any atom is 0.126 e.